The van der Waals surface area contributed by atoms with Crippen LogP contribution in [0.5, 0.6) is 0 Å². The summed E-state index contributed by atoms with van der Waals surface area (Å²) in [7, 11) is 0. The van der Waals surface area contributed by atoms with Crippen molar-refractivity contribution in [3.8, 4) is 0 Å². The van der Waals surface area contributed by atoms with Crippen LogP contribution >= 0.6 is 0 Å². The third-order valence-corrected chi connectivity index (χ3v) is 3.97. The minimum Gasteiger partial charge on any atom is -0.312 e. The molecule has 0 atom stereocenters. The molecule has 1 aliphatic carbocycles. The number of nitrogens with one attached hydrogen (secondary N) is 1. The van der Waals surface area contributed by atoms with Gasteiger partial charge in [-0.25, -0.2) is 0 Å². The second kappa shape index (κ2) is 5.07. The van der Waals surface area contributed by atoms with Crippen LogP contribution in [-0.2, 0) is 13.0 Å². The summed E-state index contributed by atoms with van der Waals surface area (Å²) >= 11 is 0. The first-order valence-electron chi connectivity index (χ1n) is 6.91. The van der Waals surface area contributed by atoms with Crippen molar-refractivity contribution in [2.45, 2.75) is 38.6 Å². The highest BCUT2D eigenvalue weighted by atomic mass is 16.1. The Bertz CT molecular complexity index is 502. The third kappa shape index (κ3) is 2.13. The number of allylic oxidation sites excluding steroid dienone is 2. The van der Waals surface area contributed by atoms with Crippen molar-refractivity contribution in [3.63, 3.8) is 0 Å². The molecule has 18 heavy (non-hydrogen) atoms. The van der Waals surface area contributed by atoms with Gasteiger partial charge < -0.3 is 5.32 Å². The number of rotatable bonds is 2. The quantitative estimate of drug-likeness (QED) is 0.806. The summed E-state index contributed by atoms with van der Waals surface area (Å²) in [4.78, 5) is 12.6. The van der Waals surface area contributed by atoms with Gasteiger partial charge in [0.2, 0.25) is 0 Å². The fraction of sp³-hybridized carbons (Fsp3) is 0.438. The van der Waals surface area contributed by atoms with Crippen molar-refractivity contribution in [2.24, 2.45) is 0 Å². The van der Waals surface area contributed by atoms with E-state index in [9.17, 15) is 4.79 Å². The van der Waals surface area contributed by atoms with E-state index in [2.05, 4.69) is 17.5 Å². The zero-order valence-electron chi connectivity index (χ0n) is 10.7. The van der Waals surface area contributed by atoms with E-state index in [4.69, 9.17) is 0 Å². The molecule has 0 saturated heterocycles. The number of fused-ring (bicyclic) bond motifs is 1. The predicted octanol–water partition coefficient (Wildman–Crippen LogP) is 3.02. The van der Waals surface area contributed by atoms with E-state index < -0.39 is 0 Å². The van der Waals surface area contributed by atoms with Gasteiger partial charge in [-0.2, -0.15) is 0 Å². The second-order valence-corrected chi connectivity index (χ2v) is 5.17. The smallest absolute Gasteiger partial charge is 0.188 e. The average Bonchev–Trinajstić information content (AvgIpc) is 2.47. The zero-order chi connectivity index (χ0) is 12.4. The van der Waals surface area contributed by atoms with E-state index in [0.717, 1.165) is 49.9 Å². The minimum absolute atomic E-state index is 0.272. The highest BCUT2D eigenvalue weighted by Crippen LogP contribution is 2.25. The molecular weight excluding hydrogens is 222 g/mol. The fourth-order valence-electron chi connectivity index (χ4n) is 2.96. The van der Waals surface area contributed by atoms with Crippen LogP contribution in [0.25, 0.3) is 0 Å². The summed E-state index contributed by atoms with van der Waals surface area (Å²) in [6.07, 6.45) is 7.54. The number of benzene rings is 1. The first kappa shape index (κ1) is 11.7. The van der Waals surface area contributed by atoms with Crippen LogP contribution in [0.4, 0.5) is 0 Å². The normalized spacial score (nSPS) is 19.0. The Morgan fingerprint density at radius 2 is 2.11 bits per heavy atom. The van der Waals surface area contributed by atoms with Crippen LogP contribution in [0.3, 0.4) is 0 Å². The highest BCUT2D eigenvalue weighted by molar-refractivity contribution is 6.09. The Morgan fingerprint density at radius 3 is 2.94 bits per heavy atom. The summed E-state index contributed by atoms with van der Waals surface area (Å²) in [6, 6.07) is 6.15. The van der Waals surface area contributed by atoms with E-state index in [1.54, 1.807) is 0 Å². The molecule has 0 aromatic heterocycles. The molecule has 2 heteroatoms. The molecule has 1 aliphatic heterocycles. The van der Waals surface area contributed by atoms with Gasteiger partial charge >= 0.3 is 0 Å². The van der Waals surface area contributed by atoms with Crippen molar-refractivity contribution in [2.75, 3.05) is 6.54 Å². The van der Waals surface area contributed by atoms with Gasteiger partial charge in [0.1, 0.15) is 0 Å². The second-order valence-electron chi connectivity index (χ2n) is 5.17. The lowest BCUT2D eigenvalue weighted by Crippen LogP contribution is -2.25. The van der Waals surface area contributed by atoms with Crippen molar-refractivity contribution in [1.82, 2.24) is 5.32 Å². The number of ketones is 1. The molecule has 0 amide bonds. The molecule has 3 rings (SSSR count). The summed E-state index contributed by atoms with van der Waals surface area (Å²) in [5.74, 6) is 0.272. The molecule has 1 aromatic rings. The van der Waals surface area contributed by atoms with Crippen molar-refractivity contribution >= 4 is 5.78 Å². The Hall–Kier alpha value is -1.41. The van der Waals surface area contributed by atoms with E-state index in [1.165, 1.54) is 17.5 Å². The van der Waals surface area contributed by atoms with Gasteiger partial charge in [-0.15, -0.1) is 0 Å². The molecule has 1 aromatic carbocycles. The third-order valence-electron chi connectivity index (χ3n) is 3.97. The Kier molecular flexibility index (Phi) is 3.28. The molecule has 94 valence electrons. The standard InChI is InChI=1S/C16H19NO/c18-16(12-5-2-1-3-6-12)15-8-4-7-13-11-17-10-9-14(13)15/h4-5,7-8,17H,1-3,6,9-11H2. The van der Waals surface area contributed by atoms with E-state index in [-0.39, 0.29) is 5.78 Å². The van der Waals surface area contributed by atoms with E-state index in [1.807, 2.05) is 12.1 Å². The molecule has 0 radical (unpaired) electrons. The molecule has 0 saturated carbocycles. The SMILES string of the molecule is O=C(C1=CCCCC1)c1cccc2c1CCNC2. The fourth-order valence-corrected chi connectivity index (χ4v) is 2.96. The van der Waals surface area contributed by atoms with E-state index >= 15 is 0 Å². The number of carbonyl (C=O) groups is 1. The number of hydrogen-bond acceptors (Lipinski definition) is 2. The van der Waals surface area contributed by atoms with Crippen LogP contribution in [0.15, 0.2) is 29.8 Å². The molecule has 1 N–H and O–H groups in total. The number of Topliss-reactive ketones (excluding diaryl/α,β-unsaturated/α-hetero) is 1. The summed E-state index contributed by atoms with van der Waals surface area (Å²) < 4.78 is 0. The molecule has 2 nitrogen and oxygen atoms in total. The molecule has 0 bridgehead atoms. The maximum Gasteiger partial charge on any atom is 0.188 e. The molecule has 0 unspecified atom stereocenters. The van der Waals surface area contributed by atoms with Crippen molar-refractivity contribution in [3.05, 3.63) is 46.5 Å². The zero-order valence-corrected chi connectivity index (χ0v) is 10.7. The molecule has 1 heterocycles. The van der Waals surface area contributed by atoms with Gasteiger partial charge in [-0.1, -0.05) is 24.3 Å². The first-order chi connectivity index (χ1) is 8.86. The van der Waals surface area contributed by atoms with Crippen molar-refractivity contribution < 1.29 is 4.79 Å². The van der Waals surface area contributed by atoms with Gasteiger partial charge in [0, 0.05) is 12.1 Å². The largest absolute Gasteiger partial charge is 0.312 e. The van der Waals surface area contributed by atoms with E-state index in [0.29, 0.717) is 0 Å². The lowest BCUT2D eigenvalue weighted by Gasteiger charge is -2.21. The Balaban J connectivity index is 1.96. The monoisotopic (exact) mass is 241 g/mol. The average molecular weight is 241 g/mol. The van der Waals surface area contributed by atoms with Crippen LogP contribution in [0, 0.1) is 0 Å². The first-order valence-corrected chi connectivity index (χ1v) is 6.91. The Morgan fingerprint density at radius 1 is 1.17 bits per heavy atom. The van der Waals surface area contributed by atoms with Gasteiger partial charge in [0.05, 0.1) is 0 Å². The lowest BCUT2D eigenvalue weighted by atomic mass is 9.87. The topological polar surface area (TPSA) is 29.1 Å². The number of carbonyl (C=O) groups excluding carboxylic acids is 1. The summed E-state index contributed by atoms with van der Waals surface area (Å²) in [6.45, 7) is 1.88. The van der Waals surface area contributed by atoms with Crippen LogP contribution in [0.1, 0.15) is 47.2 Å². The predicted molar refractivity (Wildman–Crippen MR) is 72.7 cm³/mol. The van der Waals surface area contributed by atoms with Gasteiger partial charge in [0.15, 0.2) is 5.78 Å². The Labute approximate surface area is 108 Å². The highest BCUT2D eigenvalue weighted by Gasteiger charge is 2.20. The maximum atomic E-state index is 12.6. The summed E-state index contributed by atoms with van der Waals surface area (Å²) in [5.41, 5.74) is 4.55. The maximum absolute atomic E-state index is 12.6. The van der Waals surface area contributed by atoms with Crippen LogP contribution in [0.2, 0.25) is 0 Å². The minimum atomic E-state index is 0.272. The van der Waals surface area contributed by atoms with Gasteiger partial charge in [0.25, 0.3) is 0 Å². The summed E-state index contributed by atoms with van der Waals surface area (Å²) in [5, 5.41) is 3.36. The van der Waals surface area contributed by atoms with Crippen molar-refractivity contribution in [1.29, 1.82) is 0 Å². The molecule has 2 aliphatic rings. The molecule has 0 spiro atoms. The molecular formula is C16H19NO. The van der Waals surface area contributed by atoms with Gasteiger partial charge in [-0.3, -0.25) is 4.79 Å². The van der Waals surface area contributed by atoms with Crippen LogP contribution in [-0.4, -0.2) is 12.3 Å². The number of hydrogen-bond donors (Lipinski definition) is 1. The van der Waals surface area contributed by atoms with Crippen LogP contribution < -0.4 is 5.32 Å². The molecule has 0 fully saturated rings. The van der Waals surface area contributed by atoms with Gasteiger partial charge in [-0.05, 0) is 55.3 Å². The lowest BCUT2D eigenvalue weighted by molar-refractivity contribution is 0.102.